The Labute approximate surface area is 152 Å². The van der Waals surface area contributed by atoms with E-state index in [-0.39, 0.29) is 22.0 Å². The van der Waals surface area contributed by atoms with E-state index in [9.17, 15) is 18.0 Å². The normalized spacial score (nSPS) is 22.8. The van der Waals surface area contributed by atoms with Crippen molar-refractivity contribution in [3.05, 3.63) is 17.5 Å². The molecule has 9 heteroatoms. The van der Waals surface area contributed by atoms with Crippen LogP contribution in [-0.4, -0.2) is 44.9 Å². The number of ether oxygens (including phenoxy) is 1. The molecule has 7 nitrogen and oxygen atoms in total. The van der Waals surface area contributed by atoms with Gasteiger partial charge in [-0.15, -0.1) is 11.3 Å². The number of ketones is 1. The van der Waals surface area contributed by atoms with Crippen LogP contribution in [0.1, 0.15) is 34.1 Å². The molecule has 1 aliphatic heterocycles. The van der Waals surface area contributed by atoms with Gasteiger partial charge in [-0.2, -0.15) is 4.72 Å². The molecule has 1 aromatic rings. The summed E-state index contributed by atoms with van der Waals surface area (Å²) in [6, 6.07) is 1.39. The minimum Gasteiger partial charge on any atom is -0.368 e. The Morgan fingerprint density at radius 3 is 2.60 bits per heavy atom. The second kappa shape index (κ2) is 7.53. The fourth-order valence-corrected chi connectivity index (χ4v) is 4.78. The summed E-state index contributed by atoms with van der Waals surface area (Å²) in [6.45, 7) is 7.40. The predicted molar refractivity (Wildman–Crippen MR) is 94.9 cm³/mol. The molecular weight excluding hydrogens is 364 g/mol. The maximum atomic E-state index is 12.7. The molecule has 2 heterocycles. The highest BCUT2D eigenvalue weighted by Gasteiger charge is 2.37. The third kappa shape index (κ3) is 5.34. The molecule has 0 bridgehead atoms. The van der Waals surface area contributed by atoms with Crippen molar-refractivity contribution < 1.29 is 22.7 Å². The molecule has 0 radical (unpaired) electrons. The molecule has 25 heavy (non-hydrogen) atoms. The van der Waals surface area contributed by atoms with E-state index in [0.29, 0.717) is 6.42 Å². The van der Waals surface area contributed by atoms with Crippen LogP contribution < -0.4 is 10.0 Å². The third-order valence-electron chi connectivity index (χ3n) is 3.79. The lowest BCUT2D eigenvalue weighted by Gasteiger charge is -2.27. The van der Waals surface area contributed by atoms with E-state index in [1.54, 1.807) is 18.4 Å². The first-order valence-electron chi connectivity index (χ1n) is 8.00. The monoisotopic (exact) mass is 388 g/mol. The molecule has 1 aliphatic rings. The van der Waals surface area contributed by atoms with E-state index in [1.165, 1.54) is 6.07 Å². The number of carbonyl (C=O) groups excluding carboxylic acids is 2. The molecule has 0 unspecified atom stereocenters. The summed E-state index contributed by atoms with van der Waals surface area (Å²) in [7, 11) is -3.80. The predicted octanol–water partition coefficient (Wildman–Crippen LogP) is 1.30. The van der Waals surface area contributed by atoms with Gasteiger partial charge in [-0.1, -0.05) is 26.8 Å². The highest BCUT2D eigenvalue weighted by atomic mass is 32.2. The summed E-state index contributed by atoms with van der Waals surface area (Å²) >= 11 is 1.08. The molecule has 2 N–H and O–H groups in total. The van der Waals surface area contributed by atoms with Crippen molar-refractivity contribution in [2.75, 3.05) is 6.61 Å². The zero-order valence-corrected chi connectivity index (χ0v) is 16.4. The number of hydrogen-bond acceptors (Lipinski definition) is 6. The van der Waals surface area contributed by atoms with Crippen molar-refractivity contribution >= 4 is 33.1 Å². The lowest BCUT2D eigenvalue weighted by Crippen LogP contribution is -2.53. The summed E-state index contributed by atoms with van der Waals surface area (Å²) in [5, 5.41) is 4.29. The Morgan fingerprint density at radius 2 is 2.12 bits per heavy atom. The minimum atomic E-state index is -3.80. The molecule has 0 spiro atoms. The van der Waals surface area contributed by atoms with Crippen LogP contribution in [0.2, 0.25) is 0 Å². The molecule has 0 aromatic carbocycles. The molecule has 3 atom stereocenters. The average Bonchev–Trinajstić information content (AvgIpc) is 3.11. The molecule has 140 valence electrons. The number of rotatable bonds is 6. The average molecular weight is 389 g/mol. The van der Waals surface area contributed by atoms with Gasteiger partial charge >= 0.3 is 0 Å². The fraction of sp³-hybridized carbons (Fsp3) is 0.625. The van der Waals surface area contributed by atoms with Crippen molar-refractivity contribution in [3.8, 4) is 0 Å². The third-order valence-corrected chi connectivity index (χ3v) is 6.66. The van der Waals surface area contributed by atoms with E-state index >= 15 is 0 Å². The highest BCUT2D eigenvalue weighted by molar-refractivity contribution is 7.91. The summed E-state index contributed by atoms with van der Waals surface area (Å²) in [4.78, 5) is 24.5. The first-order chi connectivity index (χ1) is 11.5. The zero-order chi connectivity index (χ0) is 18.8. The number of carbonyl (C=O) groups is 2. The van der Waals surface area contributed by atoms with Crippen molar-refractivity contribution in [2.45, 2.75) is 56.5 Å². The maximum absolute atomic E-state index is 12.7. The second-order valence-corrected chi connectivity index (χ2v) is 10.2. The van der Waals surface area contributed by atoms with Crippen LogP contribution in [0, 0.1) is 5.41 Å². The van der Waals surface area contributed by atoms with Gasteiger partial charge in [-0.3, -0.25) is 9.59 Å². The van der Waals surface area contributed by atoms with Crippen molar-refractivity contribution in [3.63, 3.8) is 0 Å². The zero-order valence-electron chi connectivity index (χ0n) is 14.7. The van der Waals surface area contributed by atoms with E-state index < -0.39 is 34.1 Å². The fourth-order valence-electron chi connectivity index (χ4n) is 2.58. The Bertz CT molecular complexity index is 722. The van der Waals surface area contributed by atoms with Gasteiger partial charge < -0.3 is 10.1 Å². The van der Waals surface area contributed by atoms with E-state index in [4.69, 9.17) is 4.74 Å². The van der Waals surface area contributed by atoms with Gasteiger partial charge in [0, 0.05) is 0 Å². The van der Waals surface area contributed by atoms with Crippen LogP contribution in [0.15, 0.2) is 21.7 Å². The minimum absolute atomic E-state index is 0.0447. The standard InChI is InChI=1S/C16H24N2O5S2/c1-10-14(12(19)9-23-10)17-15(20)11(8-16(2,3)4)18-25(21,22)13-6-5-7-24-13/h5-7,10-11,14,18H,8-9H2,1-4H3,(H,17,20)/t10-,11-,14-/m0/s1. The van der Waals surface area contributed by atoms with Crippen molar-refractivity contribution in [1.82, 2.24) is 10.0 Å². The van der Waals surface area contributed by atoms with E-state index in [0.717, 1.165) is 11.3 Å². The Hall–Kier alpha value is -1.29. The summed E-state index contributed by atoms with van der Waals surface area (Å²) < 4.78 is 32.8. The van der Waals surface area contributed by atoms with Gasteiger partial charge in [0.15, 0.2) is 5.78 Å². The first-order valence-corrected chi connectivity index (χ1v) is 10.4. The number of sulfonamides is 1. The molecular formula is C16H24N2O5S2. The lowest BCUT2D eigenvalue weighted by molar-refractivity contribution is -0.127. The SMILES string of the molecule is C[C@@H]1OCC(=O)[C@H]1NC(=O)[C@H](CC(C)(C)C)NS(=O)(=O)c1cccs1. The second-order valence-electron chi connectivity index (χ2n) is 7.34. The van der Waals surface area contributed by atoms with E-state index in [1.807, 2.05) is 20.8 Å². The van der Waals surface area contributed by atoms with Crippen LogP contribution in [0.3, 0.4) is 0 Å². The van der Waals surface area contributed by atoms with Crippen molar-refractivity contribution in [1.29, 1.82) is 0 Å². The van der Waals surface area contributed by atoms with E-state index in [2.05, 4.69) is 10.0 Å². The molecule has 2 rings (SSSR count). The van der Waals surface area contributed by atoms with Gasteiger partial charge in [-0.05, 0) is 30.2 Å². The van der Waals surface area contributed by atoms with Gasteiger partial charge in [0.2, 0.25) is 5.91 Å². The molecule has 0 aliphatic carbocycles. The number of nitrogens with one attached hydrogen (secondary N) is 2. The molecule has 1 saturated heterocycles. The van der Waals surface area contributed by atoms with Crippen LogP contribution in [-0.2, 0) is 24.3 Å². The van der Waals surface area contributed by atoms with Gasteiger partial charge in [0.1, 0.15) is 22.9 Å². The van der Waals surface area contributed by atoms with Crippen molar-refractivity contribution in [2.24, 2.45) is 5.41 Å². The maximum Gasteiger partial charge on any atom is 0.250 e. The topological polar surface area (TPSA) is 102 Å². The van der Waals surface area contributed by atoms with Crippen LogP contribution in [0.4, 0.5) is 0 Å². The van der Waals surface area contributed by atoms with Gasteiger partial charge in [0.05, 0.1) is 6.10 Å². The van der Waals surface area contributed by atoms with Crippen LogP contribution in [0.5, 0.6) is 0 Å². The van der Waals surface area contributed by atoms with Gasteiger partial charge in [0.25, 0.3) is 10.0 Å². The Balaban J connectivity index is 2.18. The number of Topliss-reactive ketones (excluding diaryl/α,β-unsaturated/α-hetero) is 1. The number of hydrogen-bond donors (Lipinski definition) is 2. The quantitative estimate of drug-likeness (QED) is 0.765. The molecule has 0 saturated carbocycles. The smallest absolute Gasteiger partial charge is 0.250 e. The summed E-state index contributed by atoms with van der Waals surface area (Å²) in [5.41, 5.74) is -0.290. The Kier molecular flexibility index (Phi) is 6.03. The highest BCUT2D eigenvalue weighted by Crippen LogP contribution is 2.23. The largest absolute Gasteiger partial charge is 0.368 e. The first kappa shape index (κ1) is 20.0. The summed E-state index contributed by atoms with van der Waals surface area (Å²) in [6.07, 6.45) is -0.139. The Morgan fingerprint density at radius 1 is 1.44 bits per heavy atom. The van der Waals surface area contributed by atoms with Crippen LogP contribution >= 0.6 is 11.3 Å². The van der Waals surface area contributed by atoms with Gasteiger partial charge in [-0.25, -0.2) is 8.42 Å². The molecule has 1 aromatic heterocycles. The molecule has 1 amide bonds. The number of amides is 1. The van der Waals surface area contributed by atoms with Crippen LogP contribution in [0.25, 0.3) is 0 Å². The molecule has 1 fully saturated rings. The lowest BCUT2D eigenvalue weighted by atomic mass is 9.88. The number of thiophene rings is 1. The summed E-state index contributed by atoms with van der Waals surface area (Å²) in [5.74, 6) is -0.734.